The van der Waals surface area contributed by atoms with Gasteiger partial charge in [0.15, 0.2) is 0 Å². The molecule has 3 nitrogen and oxygen atoms in total. The van der Waals surface area contributed by atoms with Gasteiger partial charge in [0.1, 0.15) is 0 Å². The van der Waals surface area contributed by atoms with Crippen molar-refractivity contribution in [3.05, 3.63) is 224 Å². The Kier molecular flexibility index (Phi) is 7.87. The predicted octanol–water partition coefficient (Wildman–Crippen LogP) is 14.0. The highest BCUT2D eigenvalue weighted by molar-refractivity contribution is 6.96. The van der Waals surface area contributed by atoms with Gasteiger partial charge in [-0.15, -0.1) is 0 Å². The van der Waals surface area contributed by atoms with Crippen LogP contribution in [0.4, 0.5) is 16.2 Å². The zero-order valence-electron chi connectivity index (χ0n) is 45.8. The minimum absolute atomic E-state index is 0.0504. The lowest BCUT2D eigenvalue weighted by Crippen LogP contribution is -2.68. The third-order valence-corrected chi connectivity index (χ3v) is 22.6. The number of fused-ring (bicyclic) bond motifs is 22. The van der Waals surface area contributed by atoms with Gasteiger partial charge in [-0.2, -0.15) is 0 Å². The molecule has 0 saturated heterocycles. The zero-order chi connectivity index (χ0) is 51.8. The van der Waals surface area contributed by atoms with Crippen molar-refractivity contribution in [3.8, 4) is 22.3 Å². The molecule has 8 aromatic rings. The monoisotopic (exact) mass is 1000 g/mol. The second-order valence-corrected chi connectivity index (χ2v) is 27.9. The van der Waals surface area contributed by atoms with Crippen LogP contribution in [0.15, 0.2) is 168 Å². The van der Waals surface area contributed by atoms with E-state index >= 15 is 4.79 Å². The van der Waals surface area contributed by atoms with Crippen molar-refractivity contribution in [2.45, 2.75) is 115 Å². The molecule has 5 heterocycles. The fourth-order valence-corrected chi connectivity index (χ4v) is 19.7. The van der Waals surface area contributed by atoms with Crippen LogP contribution >= 0.6 is 0 Å². The summed E-state index contributed by atoms with van der Waals surface area (Å²) in [5.74, 6) is 1.58. The molecule has 0 radical (unpaired) electrons. The number of hydrogen-bond donors (Lipinski definition) is 0. The smallest absolute Gasteiger partial charge is 0.266 e. The van der Waals surface area contributed by atoms with Crippen molar-refractivity contribution in [1.82, 2.24) is 0 Å². The molecule has 0 atom stereocenters. The van der Waals surface area contributed by atoms with Crippen LogP contribution in [0.2, 0.25) is 0 Å². The molecule has 4 bridgehead atoms. The van der Waals surface area contributed by atoms with Crippen molar-refractivity contribution < 1.29 is 4.79 Å². The summed E-state index contributed by atoms with van der Waals surface area (Å²) in [4.78, 5) is 22.5. The number of carbonyl (C=O) groups is 1. The van der Waals surface area contributed by atoms with Gasteiger partial charge in [-0.05, 0) is 192 Å². The number of allylic oxidation sites excluding steroid dienone is 4. The third kappa shape index (κ3) is 4.74. The minimum Gasteiger partial charge on any atom is -0.266 e. The van der Waals surface area contributed by atoms with E-state index in [0.29, 0.717) is 23.7 Å². The maximum Gasteiger partial charge on any atom is 0.337 e. The second-order valence-electron chi connectivity index (χ2n) is 27.9. The maximum atomic E-state index is 17.5. The topological polar surface area (TPSA) is 23.6 Å². The van der Waals surface area contributed by atoms with Crippen molar-refractivity contribution >= 4 is 63.5 Å². The number of urea groups is 1. The number of anilines is 2. The van der Waals surface area contributed by atoms with E-state index in [1.165, 1.54) is 159 Å². The van der Waals surface area contributed by atoms with Crippen LogP contribution in [-0.2, 0) is 21.7 Å². The van der Waals surface area contributed by atoms with E-state index in [-0.39, 0.29) is 30.3 Å². The van der Waals surface area contributed by atoms with Crippen LogP contribution < -0.4 is 31.7 Å². The van der Waals surface area contributed by atoms with Gasteiger partial charge in [0.25, 0.3) is 0 Å². The molecule has 2 saturated carbocycles. The van der Waals surface area contributed by atoms with Crippen LogP contribution in [0.3, 0.4) is 0 Å². The summed E-state index contributed by atoms with van der Waals surface area (Å²) in [6.07, 6.45) is 9.44. The highest BCUT2D eigenvalue weighted by Gasteiger charge is 2.64. The zero-order valence-corrected chi connectivity index (χ0v) is 45.8. The van der Waals surface area contributed by atoms with E-state index in [9.17, 15) is 0 Å². The second kappa shape index (κ2) is 14.0. The summed E-state index contributed by atoms with van der Waals surface area (Å²) in [7, 11) is 0. The standard InChI is InChI=1S/C73H62B2N2O/c1-70(2,3)44-31-33-54-58(37-44)74-61-39-23-27-41(28-24-39)65(61)76-67-60-43(35-56(63(67)74)72(54)50-19-11-7-15-46(50)47-16-8-12-20-51(47)72)36-57-64-68(60)77(69(76)78)66-42-29-25-40(26-30-42)62(66)75(64)59-38-45(71(4,5)6)32-34-55(59)73(57)52-21-13-9-17-48(52)49-18-10-14-22-53(49)73/h7-22,31-42H,23-30H2,1-6H3. The molecule has 376 valence electrons. The maximum absolute atomic E-state index is 17.5. The first-order valence-electron chi connectivity index (χ1n) is 29.9. The number of nitrogens with zero attached hydrogens (tertiary/aromatic N) is 2. The molecule has 0 N–H and O–H groups in total. The quantitative estimate of drug-likeness (QED) is 0.139. The van der Waals surface area contributed by atoms with E-state index in [4.69, 9.17) is 0 Å². The lowest BCUT2D eigenvalue weighted by atomic mass is 9.25. The van der Waals surface area contributed by atoms with E-state index in [0.717, 1.165) is 25.7 Å². The Morgan fingerprint density at radius 1 is 0.410 bits per heavy atom. The Morgan fingerprint density at radius 2 is 0.756 bits per heavy atom. The SMILES string of the molecule is CC(C)(C)c1ccc2c(c1)B1C3=C(C4CCC3CC4)N3C(=O)N4C5=C(B6c7cc(C(C)(C)C)ccc7C7(c8ccccc8-c8ccccc87)c7cc8cc(c1c3c8c4c76)C21c2ccccc2-c2ccccc21)C1CCC5CC1. The summed E-state index contributed by atoms with van der Waals surface area (Å²) in [5, 5.41) is 2.60. The van der Waals surface area contributed by atoms with Crippen molar-refractivity contribution in [1.29, 1.82) is 0 Å². The van der Waals surface area contributed by atoms with Gasteiger partial charge in [0.2, 0.25) is 13.4 Å². The lowest BCUT2D eigenvalue weighted by molar-refractivity contribution is 0.244. The van der Waals surface area contributed by atoms with Gasteiger partial charge in [0.05, 0.1) is 22.2 Å². The summed E-state index contributed by atoms with van der Waals surface area (Å²) >= 11 is 0. The molecule has 78 heavy (non-hydrogen) atoms. The van der Waals surface area contributed by atoms with E-state index in [2.05, 4.69) is 197 Å². The Bertz CT molecular complexity index is 3920. The fourth-order valence-electron chi connectivity index (χ4n) is 19.7. The molecule has 2 amide bonds. The molecule has 13 aliphatic rings. The highest BCUT2D eigenvalue weighted by atomic mass is 16.2. The lowest BCUT2D eigenvalue weighted by Gasteiger charge is -2.59. The van der Waals surface area contributed by atoms with Crippen LogP contribution in [0.5, 0.6) is 0 Å². The molecular weight excluding hydrogens is 942 g/mol. The van der Waals surface area contributed by atoms with Gasteiger partial charge >= 0.3 is 6.03 Å². The van der Waals surface area contributed by atoms with Crippen molar-refractivity contribution in [2.75, 3.05) is 9.80 Å². The molecule has 2 fully saturated rings. The number of hydrogen-bond acceptors (Lipinski definition) is 1. The van der Waals surface area contributed by atoms with Crippen molar-refractivity contribution in [3.63, 3.8) is 0 Å². The van der Waals surface area contributed by atoms with Gasteiger partial charge in [-0.1, -0.05) is 197 Å². The van der Waals surface area contributed by atoms with E-state index in [1.807, 2.05) is 0 Å². The average molecular weight is 1000 g/mol. The molecule has 2 spiro atoms. The normalized spacial score (nSPS) is 23.6. The van der Waals surface area contributed by atoms with E-state index < -0.39 is 10.8 Å². The molecule has 8 aliphatic carbocycles. The Balaban J connectivity index is 1.05. The Hall–Kier alpha value is -7.10. The summed E-state index contributed by atoms with van der Waals surface area (Å²) in [6.45, 7) is 14.5. The third-order valence-electron chi connectivity index (χ3n) is 22.6. The van der Waals surface area contributed by atoms with Gasteiger partial charge in [-0.25, -0.2) is 4.79 Å². The fraction of sp³-hybridized carbons (Fsp3) is 0.301. The van der Waals surface area contributed by atoms with Gasteiger partial charge in [-0.3, -0.25) is 9.80 Å². The van der Waals surface area contributed by atoms with Crippen LogP contribution in [0.25, 0.3) is 33.0 Å². The number of rotatable bonds is 0. The molecule has 5 aliphatic heterocycles. The predicted molar refractivity (Wildman–Crippen MR) is 321 cm³/mol. The molecule has 8 aromatic carbocycles. The molecule has 0 unspecified atom stereocenters. The minimum atomic E-state index is -0.610. The summed E-state index contributed by atoms with van der Waals surface area (Å²) in [5.41, 5.74) is 31.9. The van der Waals surface area contributed by atoms with Crippen molar-refractivity contribution in [2.24, 2.45) is 23.7 Å². The Labute approximate surface area is 459 Å². The molecule has 21 rings (SSSR count). The first-order chi connectivity index (χ1) is 37.9. The molecular formula is C73H62B2N2O. The largest absolute Gasteiger partial charge is 0.337 e. The van der Waals surface area contributed by atoms with Crippen LogP contribution in [-0.4, -0.2) is 19.5 Å². The van der Waals surface area contributed by atoms with Crippen LogP contribution in [0, 0.1) is 23.7 Å². The molecule has 0 aromatic heterocycles. The van der Waals surface area contributed by atoms with Crippen LogP contribution in [0.1, 0.15) is 149 Å². The first kappa shape index (κ1) is 43.8. The van der Waals surface area contributed by atoms with Gasteiger partial charge in [0, 0.05) is 16.8 Å². The number of benzene rings is 8. The number of amides is 2. The van der Waals surface area contributed by atoms with Gasteiger partial charge < -0.3 is 0 Å². The molecule has 5 heteroatoms. The first-order valence-corrected chi connectivity index (χ1v) is 29.9. The number of carbonyl (C=O) groups excluding carboxylic acids is 1. The summed E-state index contributed by atoms with van der Waals surface area (Å²) in [6, 6.07) is 58.6. The highest BCUT2D eigenvalue weighted by Crippen LogP contribution is 2.66. The Morgan fingerprint density at radius 3 is 1.12 bits per heavy atom. The average Bonchev–Trinajstić information content (AvgIpc) is 2.08. The summed E-state index contributed by atoms with van der Waals surface area (Å²) < 4.78 is 0. The van der Waals surface area contributed by atoms with E-state index in [1.54, 1.807) is 10.9 Å².